The third-order valence-electron chi connectivity index (χ3n) is 7.24. The lowest BCUT2D eigenvalue weighted by atomic mass is 9.71. The van der Waals surface area contributed by atoms with Gasteiger partial charge in [0.2, 0.25) is 0 Å². The zero-order valence-corrected chi connectivity index (χ0v) is 17.5. The van der Waals surface area contributed by atoms with E-state index in [1.807, 2.05) is 0 Å². The summed E-state index contributed by atoms with van der Waals surface area (Å²) in [7, 11) is 0. The molecule has 3 aliphatic rings. The third-order valence-corrected chi connectivity index (χ3v) is 7.24. The van der Waals surface area contributed by atoms with Gasteiger partial charge in [-0.2, -0.15) is 0 Å². The number of urea groups is 1. The molecule has 4 rings (SSSR count). The van der Waals surface area contributed by atoms with E-state index in [2.05, 4.69) is 46.3 Å². The number of carbonyl (C=O) groups excluding carboxylic acids is 1. The van der Waals surface area contributed by atoms with Crippen molar-refractivity contribution in [2.45, 2.75) is 57.8 Å². The molecular weight excluding hydrogens is 346 g/mol. The van der Waals surface area contributed by atoms with Crippen LogP contribution in [0.5, 0.6) is 0 Å². The van der Waals surface area contributed by atoms with E-state index in [0.717, 1.165) is 26.1 Å². The quantitative estimate of drug-likeness (QED) is 0.797. The van der Waals surface area contributed by atoms with E-state index in [0.29, 0.717) is 17.8 Å². The lowest BCUT2D eigenvalue weighted by Gasteiger charge is -2.33. The lowest BCUT2D eigenvalue weighted by molar-refractivity contribution is 0.206. The first-order valence-electron chi connectivity index (χ1n) is 11.6. The average Bonchev–Trinajstić information content (AvgIpc) is 3.40. The van der Waals surface area contributed by atoms with Crippen LogP contribution in [0.15, 0.2) is 24.3 Å². The van der Waals surface area contributed by atoms with Crippen LogP contribution in [0.2, 0.25) is 0 Å². The van der Waals surface area contributed by atoms with E-state index in [4.69, 9.17) is 0 Å². The Labute approximate surface area is 170 Å². The van der Waals surface area contributed by atoms with Crippen molar-refractivity contribution in [3.8, 4) is 0 Å². The molecule has 2 aliphatic heterocycles. The highest BCUT2D eigenvalue weighted by Gasteiger charge is 2.42. The maximum Gasteiger partial charge on any atom is 0.317 e. The molecule has 1 aromatic carbocycles. The Morgan fingerprint density at radius 3 is 2.61 bits per heavy atom. The minimum absolute atomic E-state index is 0.146. The van der Waals surface area contributed by atoms with Crippen molar-refractivity contribution in [3.63, 3.8) is 0 Å². The van der Waals surface area contributed by atoms with Crippen LogP contribution in [0.3, 0.4) is 0 Å². The van der Waals surface area contributed by atoms with Gasteiger partial charge < -0.3 is 15.1 Å². The molecule has 2 amide bonds. The van der Waals surface area contributed by atoms with E-state index in [1.165, 1.54) is 69.3 Å². The summed E-state index contributed by atoms with van der Waals surface area (Å²) in [4.78, 5) is 17.1. The predicted octanol–water partition coefficient (Wildman–Crippen LogP) is 4.26. The summed E-state index contributed by atoms with van der Waals surface area (Å²) in [5.41, 5.74) is 2.96. The highest BCUT2D eigenvalue weighted by atomic mass is 16.2. The number of likely N-dealkylation sites (tertiary alicyclic amines) is 2. The maximum absolute atomic E-state index is 12.4. The van der Waals surface area contributed by atoms with Crippen molar-refractivity contribution in [1.82, 2.24) is 15.1 Å². The molecule has 1 N–H and O–H groups in total. The van der Waals surface area contributed by atoms with Crippen molar-refractivity contribution in [2.24, 2.45) is 11.8 Å². The molecule has 1 aromatic rings. The van der Waals surface area contributed by atoms with Gasteiger partial charge in [-0.05, 0) is 80.5 Å². The zero-order valence-electron chi connectivity index (χ0n) is 17.5. The van der Waals surface area contributed by atoms with Crippen molar-refractivity contribution in [1.29, 1.82) is 0 Å². The monoisotopic (exact) mass is 383 g/mol. The standard InChI is InChI=1S/C24H37N3O/c1-2-13-25-24(28)27-17-21-6-5-7-22(23(21)18-27)20-10-8-19(9-11-20)12-16-26-14-3-4-15-26/h8-11,21-23H,2-7,12-18H2,1H3,(H,25,28). The maximum atomic E-state index is 12.4. The number of hydrogen-bond acceptors (Lipinski definition) is 2. The van der Waals surface area contributed by atoms with Crippen LogP contribution < -0.4 is 5.32 Å². The average molecular weight is 384 g/mol. The van der Waals surface area contributed by atoms with Gasteiger partial charge in [0.25, 0.3) is 0 Å². The fourth-order valence-electron chi connectivity index (χ4n) is 5.62. The lowest BCUT2D eigenvalue weighted by Crippen LogP contribution is -2.39. The minimum atomic E-state index is 0.146. The van der Waals surface area contributed by atoms with Crippen molar-refractivity contribution >= 4 is 6.03 Å². The summed E-state index contributed by atoms with van der Waals surface area (Å²) >= 11 is 0. The van der Waals surface area contributed by atoms with Crippen LogP contribution >= 0.6 is 0 Å². The van der Waals surface area contributed by atoms with Crippen molar-refractivity contribution < 1.29 is 4.79 Å². The van der Waals surface area contributed by atoms with Gasteiger partial charge in [0.05, 0.1) is 0 Å². The number of fused-ring (bicyclic) bond motifs is 1. The molecule has 2 saturated heterocycles. The van der Waals surface area contributed by atoms with Gasteiger partial charge in [-0.15, -0.1) is 0 Å². The number of benzene rings is 1. The molecular formula is C24H37N3O. The fourth-order valence-corrected chi connectivity index (χ4v) is 5.62. The first kappa shape index (κ1) is 19.8. The molecule has 2 heterocycles. The largest absolute Gasteiger partial charge is 0.338 e. The van der Waals surface area contributed by atoms with Crippen LogP contribution in [-0.4, -0.2) is 55.1 Å². The second kappa shape index (κ2) is 9.30. The molecule has 4 nitrogen and oxygen atoms in total. The van der Waals surface area contributed by atoms with Gasteiger partial charge in [-0.3, -0.25) is 0 Å². The zero-order chi connectivity index (χ0) is 19.3. The molecule has 28 heavy (non-hydrogen) atoms. The van der Waals surface area contributed by atoms with Crippen LogP contribution in [0.4, 0.5) is 4.79 Å². The Bertz CT molecular complexity index is 638. The number of hydrogen-bond donors (Lipinski definition) is 1. The Kier molecular flexibility index (Phi) is 6.56. The van der Waals surface area contributed by atoms with E-state index in [9.17, 15) is 4.79 Å². The molecule has 1 saturated carbocycles. The molecule has 3 atom stereocenters. The van der Waals surface area contributed by atoms with Crippen molar-refractivity contribution in [3.05, 3.63) is 35.4 Å². The first-order chi connectivity index (χ1) is 13.7. The molecule has 4 heteroatoms. The third kappa shape index (κ3) is 4.53. The predicted molar refractivity (Wildman–Crippen MR) is 115 cm³/mol. The fraction of sp³-hybridized carbons (Fsp3) is 0.708. The van der Waals surface area contributed by atoms with Crippen molar-refractivity contribution in [2.75, 3.05) is 39.3 Å². The number of carbonyl (C=O) groups is 1. The van der Waals surface area contributed by atoms with Crippen LogP contribution in [0, 0.1) is 11.8 Å². The smallest absolute Gasteiger partial charge is 0.317 e. The number of nitrogens with zero attached hydrogens (tertiary/aromatic N) is 2. The Morgan fingerprint density at radius 1 is 1.07 bits per heavy atom. The molecule has 0 aromatic heterocycles. The molecule has 0 bridgehead atoms. The summed E-state index contributed by atoms with van der Waals surface area (Å²) in [6, 6.07) is 9.62. The normalized spacial score (nSPS) is 27.8. The van der Waals surface area contributed by atoms with Crippen LogP contribution in [-0.2, 0) is 6.42 Å². The molecule has 154 valence electrons. The van der Waals surface area contributed by atoms with E-state index < -0.39 is 0 Å². The van der Waals surface area contributed by atoms with E-state index in [1.54, 1.807) is 0 Å². The number of nitrogens with one attached hydrogen (secondary N) is 1. The number of rotatable bonds is 6. The summed E-state index contributed by atoms with van der Waals surface area (Å²) in [6.45, 7) is 8.54. The van der Waals surface area contributed by atoms with E-state index >= 15 is 0 Å². The highest BCUT2D eigenvalue weighted by molar-refractivity contribution is 5.74. The molecule has 1 aliphatic carbocycles. The van der Waals surface area contributed by atoms with Gasteiger partial charge in [0, 0.05) is 26.2 Å². The molecule has 0 radical (unpaired) electrons. The number of amides is 2. The SMILES string of the molecule is CCCNC(=O)N1CC2CCCC(c3ccc(CCN4CCCC4)cc3)C2C1. The summed E-state index contributed by atoms with van der Waals surface area (Å²) < 4.78 is 0. The Hall–Kier alpha value is -1.55. The first-order valence-corrected chi connectivity index (χ1v) is 11.6. The van der Waals surface area contributed by atoms with Gasteiger partial charge in [0.15, 0.2) is 0 Å². The topological polar surface area (TPSA) is 35.6 Å². The van der Waals surface area contributed by atoms with Gasteiger partial charge >= 0.3 is 6.03 Å². The highest BCUT2D eigenvalue weighted by Crippen LogP contribution is 2.45. The van der Waals surface area contributed by atoms with Gasteiger partial charge in [-0.25, -0.2) is 4.79 Å². The van der Waals surface area contributed by atoms with Gasteiger partial charge in [-0.1, -0.05) is 37.6 Å². The Balaban J connectivity index is 1.36. The van der Waals surface area contributed by atoms with Gasteiger partial charge in [0.1, 0.15) is 0 Å². The second-order valence-electron chi connectivity index (χ2n) is 9.14. The molecule has 0 spiro atoms. The minimum Gasteiger partial charge on any atom is -0.338 e. The van der Waals surface area contributed by atoms with Crippen LogP contribution in [0.1, 0.15) is 62.5 Å². The molecule has 3 unspecified atom stereocenters. The Morgan fingerprint density at radius 2 is 1.86 bits per heavy atom. The van der Waals surface area contributed by atoms with E-state index in [-0.39, 0.29) is 6.03 Å². The second-order valence-corrected chi connectivity index (χ2v) is 9.14. The molecule has 3 fully saturated rings. The summed E-state index contributed by atoms with van der Waals surface area (Å²) in [5.74, 6) is 1.94. The summed E-state index contributed by atoms with van der Waals surface area (Å²) in [5, 5.41) is 3.07. The van der Waals surface area contributed by atoms with Crippen LogP contribution in [0.25, 0.3) is 0 Å². The summed E-state index contributed by atoms with van der Waals surface area (Å²) in [6.07, 6.45) is 8.77.